The molecule has 0 fully saturated rings. The molecule has 27 heavy (non-hydrogen) atoms. The van der Waals surface area contributed by atoms with E-state index in [1.807, 2.05) is 35.7 Å². The molecular formula is C21H23N3OS2. The highest BCUT2D eigenvalue weighted by atomic mass is 32.2. The molecule has 0 saturated carbocycles. The van der Waals surface area contributed by atoms with E-state index < -0.39 is 0 Å². The van der Waals surface area contributed by atoms with Crippen molar-refractivity contribution in [2.75, 3.05) is 24.6 Å². The van der Waals surface area contributed by atoms with Crippen LogP contribution in [0.5, 0.6) is 5.75 Å². The highest BCUT2D eigenvalue weighted by molar-refractivity contribution is 7.98. The number of phenols is 1. The standard InChI is InChI=1S/C21H23N3OS2/c25-20-6-1-3-16-7-8-17(23-21(16)20)13-24-9-11-26-14-18-4-2-5-19(22-18)15-27-12-10-24/h1-8,25H,9-15H2. The van der Waals surface area contributed by atoms with E-state index in [9.17, 15) is 5.11 Å². The lowest BCUT2D eigenvalue weighted by molar-refractivity contribution is 0.297. The Kier molecular flexibility index (Phi) is 6.17. The van der Waals surface area contributed by atoms with Gasteiger partial charge in [0.25, 0.3) is 0 Å². The summed E-state index contributed by atoms with van der Waals surface area (Å²) in [4.78, 5) is 11.9. The Balaban J connectivity index is 1.44. The molecule has 0 atom stereocenters. The van der Waals surface area contributed by atoms with E-state index in [0.29, 0.717) is 5.52 Å². The summed E-state index contributed by atoms with van der Waals surface area (Å²) in [6.07, 6.45) is 0. The van der Waals surface area contributed by atoms with Crippen molar-refractivity contribution in [3.05, 3.63) is 65.6 Å². The maximum absolute atomic E-state index is 10.1. The van der Waals surface area contributed by atoms with Crippen LogP contribution in [-0.4, -0.2) is 44.6 Å². The van der Waals surface area contributed by atoms with E-state index in [-0.39, 0.29) is 5.75 Å². The highest BCUT2D eigenvalue weighted by Gasteiger charge is 2.11. The molecule has 0 aliphatic carbocycles. The summed E-state index contributed by atoms with van der Waals surface area (Å²) in [7, 11) is 0. The van der Waals surface area contributed by atoms with Crippen molar-refractivity contribution < 1.29 is 5.11 Å². The Morgan fingerprint density at radius 1 is 0.852 bits per heavy atom. The SMILES string of the molecule is Oc1cccc2ccc(CN3CCSCc4cccc(n4)CSCC3)nc12. The fraction of sp³-hybridized carbons (Fsp3) is 0.333. The first-order valence-electron chi connectivity index (χ1n) is 9.18. The number of hydrogen-bond donors (Lipinski definition) is 1. The van der Waals surface area contributed by atoms with Gasteiger partial charge in [-0.1, -0.05) is 24.3 Å². The molecule has 4 nitrogen and oxygen atoms in total. The quantitative estimate of drug-likeness (QED) is 0.695. The number of rotatable bonds is 2. The average Bonchev–Trinajstić information content (AvgIpc) is 2.68. The van der Waals surface area contributed by atoms with Crippen molar-refractivity contribution in [1.82, 2.24) is 14.9 Å². The van der Waals surface area contributed by atoms with E-state index in [0.717, 1.165) is 53.7 Å². The van der Waals surface area contributed by atoms with Gasteiger partial charge in [0.2, 0.25) is 0 Å². The molecule has 2 bridgehead atoms. The van der Waals surface area contributed by atoms with E-state index in [4.69, 9.17) is 9.97 Å². The number of fused-ring (bicyclic) bond motifs is 3. The molecule has 140 valence electrons. The van der Waals surface area contributed by atoms with Gasteiger partial charge in [0.05, 0.1) is 17.1 Å². The highest BCUT2D eigenvalue weighted by Crippen LogP contribution is 2.23. The molecule has 0 radical (unpaired) electrons. The summed E-state index contributed by atoms with van der Waals surface area (Å²) in [5.74, 6) is 4.34. The predicted molar refractivity (Wildman–Crippen MR) is 115 cm³/mol. The van der Waals surface area contributed by atoms with Crippen molar-refractivity contribution in [2.45, 2.75) is 18.1 Å². The third kappa shape index (κ3) is 4.94. The fourth-order valence-corrected chi connectivity index (χ4v) is 4.99. The molecule has 1 aromatic carbocycles. The van der Waals surface area contributed by atoms with Gasteiger partial charge in [0, 0.05) is 48.0 Å². The van der Waals surface area contributed by atoms with Crippen LogP contribution in [0.4, 0.5) is 0 Å². The van der Waals surface area contributed by atoms with Crippen LogP contribution in [0.1, 0.15) is 17.1 Å². The molecule has 3 aromatic rings. The van der Waals surface area contributed by atoms with Gasteiger partial charge in [-0.25, -0.2) is 4.98 Å². The van der Waals surface area contributed by atoms with Gasteiger partial charge in [-0.15, -0.1) is 0 Å². The smallest absolute Gasteiger partial charge is 0.141 e. The first-order chi connectivity index (χ1) is 13.3. The minimum atomic E-state index is 0.253. The predicted octanol–water partition coefficient (Wildman–Crippen LogP) is 4.32. The summed E-state index contributed by atoms with van der Waals surface area (Å²) in [5, 5.41) is 11.1. The molecule has 6 heteroatoms. The largest absolute Gasteiger partial charge is 0.506 e. The molecule has 0 unspecified atom stereocenters. The normalized spacial score (nSPS) is 16.6. The van der Waals surface area contributed by atoms with Gasteiger partial charge in [0.15, 0.2) is 0 Å². The van der Waals surface area contributed by atoms with Gasteiger partial charge in [-0.05, 0) is 24.3 Å². The molecule has 0 saturated heterocycles. The van der Waals surface area contributed by atoms with Crippen LogP contribution in [0.15, 0.2) is 48.5 Å². The molecule has 3 heterocycles. The Labute approximate surface area is 168 Å². The summed E-state index contributed by atoms with van der Waals surface area (Å²) in [6.45, 7) is 2.88. The number of thioether (sulfide) groups is 2. The fourth-order valence-electron chi connectivity index (χ4n) is 3.19. The molecule has 2 aromatic heterocycles. The van der Waals surface area contributed by atoms with Crippen LogP contribution in [0.25, 0.3) is 10.9 Å². The zero-order valence-electron chi connectivity index (χ0n) is 15.2. The Hall–Kier alpha value is -1.76. The lowest BCUT2D eigenvalue weighted by atomic mass is 10.2. The molecular weight excluding hydrogens is 374 g/mol. The average molecular weight is 398 g/mol. The van der Waals surface area contributed by atoms with Crippen LogP contribution >= 0.6 is 23.5 Å². The summed E-state index contributed by atoms with van der Waals surface area (Å²) >= 11 is 3.88. The minimum absolute atomic E-state index is 0.253. The minimum Gasteiger partial charge on any atom is -0.506 e. The maximum Gasteiger partial charge on any atom is 0.141 e. The van der Waals surface area contributed by atoms with Crippen molar-refractivity contribution in [1.29, 1.82) is 0 Å². The molecule has 1 aliphatic heterocycles. The topological polar surface area (TPSA) is 49.2 Å². The first-order valence-corrected chi connectivity index (χ1v) is 11.5. The van der Waals surface area contributed by atoms with Crippen molar-refractivity contribution in [3.63, 3.8) is 0 Å². The lowest BCUT2D eigenvalue weighted by Gasteiger charge is -2.22. The number of aromatic hydroxyl groups is 1. The number of aromatic nitrogens is 2. The summed E-state index contributed by atoms with van der Waals surface area (Å²) in [5.41, 5.74) is 4.06. The first kappa shape index (κ1) is 18.6. The molecule has 1 aliphatic rings. The van der Waals surface area contributed by atoms with Crippen molar-refractivity contribution >= 4 is 34.4 Å². The lowest BCUT2D eigenvalue weighted by Crippen LogP contribution is -2.28. The summed E-state index contributed by atoms with van der Waals surface area (Å²) in [6, 6.07) is 16.0. The number of benzene rings is 1. The van der Waals surface area contributed by atoms with Crippen molar-refractivity contribution in [2.24, 2.45) is 0 Å². The molecule has 0 amide bonds. The van der Waals surface area contributed by atoms with Gasteiger partial charge >= 0.3 is 0 Å². The maximum atomic E-state index is 10.1. The zero-order valence-corrected chi connectivity index (χ0v) is 16.8. The Morgan fingerprint density at radius 3 is 2.30 bits per heavy atom. The van der Waals surface area contributed by atoms with Crippen molar-refractivity contribution in [3.8, 4) is 5.75 Å². The number of hydrogen-bond acceptors (Lipinski definition) is 6. The van der Waals surface area contributed by atoms with Crippen LogP contribution in [0.2, 0.25) is 0 Å². The van der Waals surface area contributed by atoms with Gasteiger partial charge in [-0.2, -0.15) is 23.5 Å². The van der Waals surface area contributed by atoms with Crippen LogP contribution in [0.3, 0.4) is 0 Å². The van der Waals surface area contributed by atoms with E-state index in [2.05, 4.69) is 35.2 Å². The van der Waals surface area contributed by atoms with E-state index >= 15 is 0 Å². The van der Waals surface area contributed by atoms with Crippen LogP contribution in [-0.2, 0) is 18.1 Å². The van der Waals surface area contributed by atoms with Crippen LogP contribution < -0.4 is 0 Å². The molecule has 4 rings (SSSR count). The Morgan fingerprint density at radius 2 is 1.56 bits per heavy atom. The van der Waals surface area contributed by atoms with Crippen LogP contribution in [0, 0.1) is 0 Å². The zero-order chi connectivity index (χ0) is 18.5. The van der Waals surface area contributed by atoms with Gasteiger partial charge < -0.3 is 5.11 Å². The third-order valence-electron chi connectivity index (χ3n) is 4.61. The monoisotopic (exact) mass is 397 g/mol. The number of phenolic OH excluding ortho intramolecular Hbond substituents is 1. The van der Waals surface area contributed by atoms with E-state index in [1.54, 1.807) is 6.07 Å². The number of para-hydroxylation sites is 1. The molecule has 1 N–H and O–H groups in total. The number of pyridine rings is 2. The van der Waals surface area contributed by atoms with Gasteiger partial charge in [0.1, 0.15) is 11.3 Å². The second kappa shape index (κ2) is 8.95. The molecule has 0 spiro atoms. The van der Waals surface area contributed by atoms with E-state index in [1.165, 1.54) is 11.4 Å². The third-order valence-corrected chi connectivity index (χ3v) is 6.55. The Bertz CT molecular complexity index is 892. The second-order valence-corrected chi connectivity index (χ2v) is 8.86. The second-order valence-electron chi connectivity index (χ2n) is 6.65. The number of nitrogens with zero attached hydrogens (tertiary/aromatic N) is 3. The van der Waals surface area contributed by atoms with Gasteiger partial charge in [-0.3, -0.25) is 9.88 Å². The summed E-state index contributed by atoms with van der Waals surface area (Å²) < 4.78 is 0.